The van der Waals surface area contributed by atoms with Gasteiger partial charge in [0.25, 0.3) is 0 Å². The summed E-state index contributed by atoms with van der Waals surface area (Å²) in [5.74, 6) is 0. The first-order chi connectivity index (χ1) is 12.2. The maximum absolute atomic E-state index is 13.2. The van der Waals surface area contributed by atoms with E-state index in [-0.39, 0.29) is 34.3 Å². The van der Waals surface area contributed by atoms with Crippen molar-refractivity contribution in [2.45, 2.75) is 24.9 Å². The predicted molar refractivity (Wildman–Crippen MR) is 93.9 cm³/mol. The largest absolute Gasteiger partial charge is 0.352 e. The molecule has 4 atom stereocenters. The van der Waals surface area contributed by atoms with Gasteiger partial charge in [0.05, 0.1) is 17.8 Å². The molecule has 2 aromatic rings. The van der Waals surface area contributed by atoms with Gasteiger partial charge in [-0.3, -0.25) is 0 Å². The fourth-order valence-corrected chi connectivity index (χ4v) is 5.50. The van der Waals surface area contributed by atoms with Crippen molar-refractivity contribution in [2.24, 2.45) is 10.8 Å². The van der Waals surface area contributed by atoms with E-state index in [1.165, 1.54) is 4.57 Å². The van der Waals surface area contributed by atoms with Crippen LogP contribution in [0.5, 0.6) is 0 Å². The second-order valence-electron chi connectivity index (χ2n) is 7.49. The molecule has 124 valence electrons. The molecule has 2 bridgehead atoms. The van der Waals surface area contributed by atoms with E-state index in [2.05, 4.69) is 36.5 Å². The lowest BCUT2D eigenvalue weighted by molar-refractivity contribution is -0.0513. The van der Waals surface area contributed by atoms with E-state index in [1.807, 2.05) is 30.3 Å². The van der Waals surface area contributed by atoms with E-state index < -0.39 is 0 Å². The van der Waals surface area contributed by atoms with Crippen molar-refractivity contribution in [1.29, 1.82) is 0 Å². The highest BCUT2D eigenvalue weighted by Gasteiger charge is 2.67. The smallest absolute Gasteiger partial charge is 0.245 e. The molecule has 1 aromatic carbocycles. The number of aromatic nitrogens is 3. The minimum absolute atomic E-state index is 0.0691. The van der Waals surface area contributed by atoms with Crippen LogP contribution in [0.2, 0.25) is 0 Å². The first kappa shape index (κ1) is 13.5. The third kappa shape index (κ3) is 1.24. The van der Waals surface area contributed by atoms with Crippen molar-refractivity contribution in [3.63, 3.8) is 0 Å². The average Bonchev–Trinajstić information content (AvgIpc) is 2.90. The highest BCUT2D eigenvalue weighted by atomic mass is 16.2. The van der Waals surface area contributed by atoms with Crippen LogP contribution in [0, 0.1) is 10.8 Å². The molecular weight excluding hydrogens is 314 g/mol. The molecule has 3 aliphatic carbocycles. The number of para-hydroxylation sites is 1. The molecule has 3 heterocycles. The summed E-state index contributed by atoms with van der Waals surface area (Å²) in [6.07, 6.45) is 15.1. The highest BCUT2D eigenvalue weighted by Crippen LogP contribution is 2.71. The minimum Gasteiger partial charge on any atom is -0.245 e. The Morgan fingerprint density at radius 1 is 0.800 bits per heavy atom. The third-order valence-electron chi connectivity index (χ3n) is 6.70. The first-order valence-corrected chi connectivity index (χ1v) is 8.75. The van der Waals surface area contributed by atoms with Crippen LogP contribution in [0.4, 0.5) is 0 Å². The molecule has 1 aromatic heterocycles. The van der Waals surface area contributed by atoms with Crippen LogP contribution in [-0.2, 0) is 0 Å². The third-order valence-corrected chi connectivity index (χ3v) is 6.70. The zero-order valence-electron chi connectivity index (χ0n) is 13.6. The van der Waals surface area contributed by atoms with Crippen LogP contribution in [-0.4, -0.2) is 13.9 Å². The summed E-state index contributed by atoms with van der Waals surface area (Å²) in [6, 6.07) is 9.00. The van der Waals surface area contributed by atoms with E-state index in [0.717, 1.165) is 12.8 Å². The van der Waals surface area contributed by atoms with E-state index in [4.69, 9.17) is 0 Å². The molecule has 5 heteroatoms. The average molecular weight is 331 g/mol. The predicted octanol–water partition coefficient (Wildman–Crippen LogP) is 2.36. The van der Waals surface area contributed by atoms with Gasteiger partial charge in [0.2, 0.25) is 0 Å². The van der Waals surface area contributed by atoms with E-state index in [1.54, 1.807) is 9.36 Å². The Morgan fingerprint density at radius 2 is 1.32 bits per heavy atom. The Hall–Kier alpha value is -2.82. The van der Waals surface area contributed by atoms with Gasteiger partial charge in [0, 0.05) is 10.8 Å². The molecule has 5 nitrogen and oxygen atoms in total. The standard InChI is InChI=1S/C20H17N3O2/c24-17-21(14-6-2-1-3-7-14)18(25)23-16-9-8-15(22(17)23)19-10-4-5-11-20(16,19)13-12-19/h1-9,12-13,15-16H,10-11H2/t15-,16+,19+,20-. The summed E-state index contributed by atoms with van der Waals surface area (Å²) in [6.45, 7) is 0. The Kier molecular flexibility index (Phi) is 2.18. The van der Waals surface area contributed by atoms with Gasteiger partial charge in [-0.05, 0) is 25.0 Å². The lowest BCUT2D eigenvalue weighted by atomic mass is 9.43. The molecule has 0 unspecified atom stereocenters. The minimum atomic E-state index is -0.242. The van der Waals surface area contributed by atoms with Gasteiger partial charge in [0.1, 0.15) is 0 Å². The Bertz CT molecular complexity index is 1050. The molecule has 0 N–H and O–H groups in total. The molecule has 7 rings (SSSR count). The Labute approximate surface area is 143 Å². The van der Waals surface area contributed by atoms with E-state index in [9.17, 15) is 9.59 Å². The van der Waals surface area contributed by atoms with Gasteiger partial charge in [-0.25, -0.2) is 23.5 Å². The van der Waals surface area contributed by atoms with Crippen molar-refractivity contribution in [2.75, 3.05) is 0 Å². The van der Waals surface area contributed by atoms with Gasteiger partial charge >= 0.3 is 11.4 Å². The normalized spacial score (nSPS) is 35.8. The maximum Gasteiger partial charge on any atom is 0.352 e. The second kappa shape index (κ2) is 4.04. The molecule has 5 aliphatic rings. The summed E-state index contributed by atoms with van der Waals surface area (Å²) in [4.78, 5) is 26.4. The van der Waals surface area contributed by atoms with Crippen LogP contribution in [0.25, 0.3) is 5.69 Å². The van der Waals surface area contributed by atoms with Crippen LogP contribution in [0.1, 0.15) is 24.9 Å². The molecule has 0 spiro atoms. The highest BCUT2D eigenvalue weighted by molar-refractivity contribution is 5.43. The monoisotopic (exact) mass is 331 g/mol. The molecular formula is C20H17N3O2. The first-order valence-electron chi connectivity index (χ1n) is 8.75. The number of hydrogen-bond acceptors (Lipinski definition) is 2. The number of allylic oxidation sites excluding steroid dienone is 6. The topological polar surface area (TPSA) is 48.9 Å². The molecule has 0 radical (unpaired) electrons. The molecule has 0 fully saturated rings. The zero-order valence-corrected chi connectivity index (χ0v) is 13.6. The molecule has 0 saturated carbocycles. The Morgan fingerprint density at radius 3 is 1.80 bits per heavy atom. The Balaban J connectivity index is 1.68. The summed E-state index contributed by atoms with van der Waals surface area (Å²) in [5, 5.41) is 0. The van der Waals surface area contributed by atoms with Gasteiger partial charge in [-0.2, -0.15) is 0 Å². The fraction of sp³-hybridized carbons (Fsp3) is 0.300. The summed E-state index contributed by atoms with van der Waals surface area (Å²) < 4.78 is 4.70. The number of nitrogens with zero attached hydrogens (tertiary/aromatic N) is 3. The summed E-state index contributed by atoms with van der Waals surface area (Å²) in [5.41, 5.74) is 0.00473. The van der Waals surface area contributed by atoms with E-state index in [0.29, 0.717) is 5.69 Å². The molecule has 25 heavy (non-hydrogen) atoms. The van der Waals surface area contributed by atoms with Crippen LogP contribution >= 0.6 is 0 Å². The lowest BCUT2D eigenvalue weighted by Gasteiger charge is -2.65. The van der Waals surface area contributed by atoms with Crippen molar-refractivity contribution in [1.82, 2.24) is 13.9 Å². The number of benzene rings is 1. The summed E-state index contributed by atoms with van der Waals surface area (Å²) in [7, 11) is 0. The van der Waals surface area contributed by atoms with Gasteiger partial charge in [-0.15, -0.1) is 0 Å². The van der Waals surface area contributed by atoms with Crippen LogP contribution in [0.3, 0.4) is 0 Å². The molecule has 2 aliphatic heterocycles. The quantitative estimate of drug-likeness (QED) is 0.753. The maximum atomic E-state index is 13.2. The number of rotatable bonds is 1. The van der Waals surface area contributed by atoms with Crippen LogP contribution < -0.4 is 11.4 Å². The molecule has 0 saturated heterocycles. The number of hydrogen-bond donors (Lipinski definition) is 0. The van der Waals surface area contributed by atoms with Crippen molar-refractivity contribution >= 4 is 0 Å². The van der Waals surface area contributed by atoms with Gasteiger partial charge in [-0.1, -0.05) is 54.7 Å². The van der Waals surface area contributed by atoms with E-state index >= 15 is 0 Å². The second-order valence-corrected chi connectivity index (χ2v) is 7.49. The zero-order chi connectivity index (χ0) is 16.8. The fourth-order valence-electron chi connectivity index (χ4n) is 5.50. The van der Waals surface area contributed by atoms with Crippen LogP contribution in [0.15, 0.2) is 76.4 Å². The van der Waals surface area contributed by atoms with Crippen molar-refractivity contribution in [3.8, 4) is 5.69 Å². The van der Waals surface area contributed by atoms with Crippen molar-refractivity contribution < 1.29 is 0 Å². The van der Waals surface area contributed by atoms with Gasteiger partial charge < -0.3 is 0 Å². The molecule has 0 amide bonds. The summed E-state index contributed by atoms with van der Waals surface area (Å²) >= 11 is 0. The lowest BCUT2D eigenvalue weighted by Crippen LogP contribution is -2.64. The SMILES string of the molecule is O=c1n(-c2ccccc2)c(=O)n2n1[C@H]1C=C[C@@H]2[C@]23C=C[C@]12CC=CC3. The van der Waals surface area contributed by atoms with Gasteiger partial charge in [0.15, 0.2) is 0 Å². The van der Waals surface area contributed by atoms with Crippen molar-refractivity contribution in [3.05, 3.63) is 87.8 Å².